The molecule has 0 atom stereocenters. The lowest BCUT2D eigenvalue weighted by Gasteiger charge is -2.43. The van der Waals surface area contributed by atoms with Gasteiger partial charge in [-0.15, -0.1) is 0 Å². The van der Waals surface area contributed by atoms with Crippen molar-refractivity contribution < 1.29 is 9.47 Å². The summed E-state index contributed by atoms with van der Waals surface area (Å²) in [5.41, 5.74) is 7.59. The summed E-state index contributed by atoms with van der Waals surface area (Å²) in [6.45, 7) is 3.51. The Labute approximate surface area is 194 Å². The van der Waals surface area contributed by atoms with E-state index in [1.165, 1.54) is 28.0 Å². The van der Waals surface area contributed by atoms with E-state index < -0.39 is 0 Å². The SMILES string of the molecule is COc1cc2c(cc1OC)C1=C(c3ccccc3)CN(Cc3ccccc3Cl)CN1CC2. The van der Waals surface area contributed by atoms with E-state index in [4.69, 9.17) is 21.1 Å². The summed E-state index contributed by atoms with van der Waals surface area (Å²) < 4.78 is 11.2. The van der Waals surface area contributed by atoms with Crippen LogP contribution >= 0.6 is 11.6 Å². The highest BCUT2D eigenvalue weighted by Crippen LogP contribution is 2.42. The third-order valence-corrected chi connectivity index (χ3v) is 6.71. The van der Waals surface area contributed by atoms with Gasteiger partial charge in [0, 0.05) is 30.2 Å². The fourth-order valence-electron chi connectivity index (χ4n) is 4.81. The minimum Gasteiger partial charge on any atom is -0.493 e. The monoisotopic (exact) mass is 446 g/mol. The van der Waals surface area contributed by atoms with Crippen LogP contribution in [0.5, 0.6) is 11.5 Å². The molecule has 32 heavy (non-hydrogen) atoms. The maximum Gasteiger partial charge on any atom is 0.161 e. The first-order chi connectivity index (χ1) is 15.7. The zero-order chi connectivity index (χ0) is 22.1. The normalized spacial score (nSPS) is 15.9. The van der Waals surface area contributed by atoms with Gasteiger partial charge in [-0.2, -0.15) is 0 Å². The lowest BCUT2D eigenvalue weighted by atomic mass is 9.89. The smallest absolute Gasteiger partial charge is 0.161 e. The Kier molecular flexibility index (Phi) is 5.81. The van der Waals surface area contributed by atoms with Crippen LogP contribution in [0, 0.1) is 0 Å². The van der Waals surface area contributed by atoms with E-state index in [0.717, 1.165) is 54.8 Å². The number of benzene rings is 3. The summed E-state index contributed by atoms with van der Waals surface area (Å²) in [6.07, 6.45) is 0.973. The minimum atomic E-state index is 0.770. The molecule has 0 unspecified atom stereocenters. The third-order valence-electron chi connectivity index (χ3n) is 6.34. The molecule has 3 aromatic rings. The van der Waals surface area contributed by atoms with Crippen LogP contribution in [0.3, 0.4) is 0 Å². The van der Waals surface area contributed by atoms with E-state index in [9.17, 15) is 0 Å². The fourth-order valence-corrected chi connectivity index (χ4v) is 5.01. The van der Waals surface area contributed by atoms with Crippen LogP contribution in [-0.4, -0.2) is 43.8 Å². The van der Waals surface area contributed by atoms with Crippen LogP contribution < -0.4 is 9.47 Å². The average Bonchev–Trinajstić information content (AvgIpc) is 2.84. The van der Waals surface area contributed by atoms with Crippen molar-refractivity contribution in [3.8, 4) is 11.5 Å². The van der Waals surface area contributed by atoms with Crippen LogP contribution in [-0.2, 0) is 13.0 Å². The Bertz CT molecular complexity index is 1160. The molecule has 5 rings (SSSR count). The van der Waals surface area contributed by atoms with Crippen molar-refractivity contribution in [2.24, 2.45) is 0 Å². The second-order valence-corrected chi connectivity index (χ2v) is 8.70. The molecule has 2 heterocycles. The van der Waals surface area contributed by atoms with Crippen LogP contribution in [0.2, 0.25) is 5.02 Å². The number of rotatable bonds is 5. The minimum absolute atomic E-state index is 0.770. The molecule has 0 saturated carbocycles. The van der Waals surface area contributed by atoms with Crippen molar-refractivity contribution in [2.75, 3.05) is 34.0 Å². The fraction of sp³-hybridized carbons (Fsp3) is 0.259. The number of methoxy groups -OCH3 is 2. The molecule has 0 radical (unpaired) electrons. The van der Waals surface area contributed by atoms with Crippen molar-refractivity contribution in [3.05, 3.63) is 94.0 Å². The highest BCUT2D eigenvalue weighted by atomic mass is 35.5. The molecule has 2 aliphatic heterocycles. The topological polar surface area (TPSA) is 24.9 Å². The summed E-state index contributed by atoms with van der Waals surface area (Å²) in [5, 5.41) is 0.823. The van der Waals surface area contributed by atoms with Gasteiger partial charge < -0.3 is 14.4 Å². The van der Waals surface area contributed by atoms with Gasteiger partial charge in [-0.3, -0.25) is 4.90 Å². The summed E-state index contributed by atoms with van der Waals surface area (Å²) in [7, 11) is 3.39. The molecular weight excluding hydrogens is 420 g/mol. The predicted octanol–water partition coefficient (Wildman–Crippen LogP) is 5.56. The third kappa shape index (κ3) is 3.85. The van der Waals surface area contributed by atoms with Gasteiger partial charge in [0.1, 0.15) is 0 Å². The zero-order valence-corrected chi connectivity index (χ0v) is 19.2. The van der Waals surface area contributed by atoms with E-state index in [2.05, 4.69) is 64.4 Å². The molecule has 4 nitrogen and oxygen atoms in total. The second kappa shape index (κ2) is 8.89. The van der Waals surface area contributed by atoms with Crippen LogP contribution in [0.4, 0.5) is 0 Å². The maximum atomic E-state index is 6.49. The van der Waals surface area contributed by atoms with Gasteiger partial charge in [-0.05, 0) is 46.9 Å². The molecule has 2 aliphatic rings. The quantitative estimate of drug-likeness (QED) is 0.512. The highest BCUT2D eigenvalue weighted by Gasteiger charge is 2.32. The van der Waals surface area contributed by atoms with Crippen molar-refractivity contribution in [3.63, 3.8) is 0 Å². The number of halogens is 1. The van der Waals surface area contributed by atoms with Crippen LogP contribution in [0.25, 0.3) is 11.3 Å². The van der Waals surface area contributed by atoms with E-state index in [1.54, 1.807) is 14.2 Å². The van der Waals surface area contributed by atoms with Gasteiger partial charge in [-0.25, -0.2) is 0 Å². The van der Waals surface area contributed by atoms with Gasteiger partial charge in [0.05, 0.1) is 26.6 Å². The van der Waals surface area contributed by atoms with Crippen molar-refractivity contribution in [2.45, 2.75) is 13.0 Å². The van der Waals surface area contributed by atoms with E-state index in [0.29, 0.717) is 0 Å². The summed E-state index contributed by atoms with van der Waals surface area (Å²) in [6, 6.07) is 23.1. The largest absolute Gasteiger partial charge is 0.493 e. The Balaban J connectivity index is 1.61. The van der Waals surface area contributed by atoms with E-state index in [-0.39, 0.29) is 0 Å². The molecular formula is C27H27ClN2O2. The number of hydrogen-bond donors (Lipinski definition) is 0. The van der Waals surface area contributed by atoms with Gasteiger partial charge >= 0.3 is 0 Å². The second-order valence-electron chi connectivity index (χ2n) is 8.29. The molecule has 0 spiro atoms. The lowest BCUT2D eigenvalue weighted by molar-refractivity contribution is 0.176. The van der Waals surface area contributed by atoms with Crippen LogP contribution in [0.1, 0.15) is 22.3 Å². The molecule has 0 fully saturated rings. The lowest BCUT2D eigenvalue weighted by Crippen LogP contribution is -2.45. The van der Waals surface area contributed by atoms with Gasteiger partial charge in [0.15, 0.2) is 11.5 Å². The Morgan fingerprint density at radius 1 is 0.906 bits per heavy atom. The predicted molar refractivity (Wildman–Crippen MR) is 130 cm³/mol. The first-order valence-corrected chi connectivity index (χ1v) is 11.3. The van der Waals surface area contributed by atoms with Gasteiger partial charge in [0.2, 0.25) is 0 Å². The first kappa shape index (κ1) is 20.9. The Morgan fingerprint density at radius 2 is 1.62 bits per heavy atom. The standard InChI is InChI=1S/C27H27ClN2O2/c1-31-25-14-20-12-13-30-18-29(16-21-10-6-7-11-24(21)28)17-23(19-8-4-3-5-9-19)27(30)22(20)15-26(25)32-2/h3-11,14-15H,12-13,16-18H2,1-2H3. The first-order valence-electron chi connectivity index (χ1n) is 10.9. The van der Waals surface area contributed by atoms with Gasteiger partial charge in [0.25, 0.3) is 0 Å². The van der Waals surface area contributed by atoms with Crippen molar-refractivity contribution >= 4 is 22.9 Å². The molecule has 0 N–H and O–H groups in total. The van der Waals surface area contributed by atoms with Crippen molar-refractivity contribution in [1.82, 2.24) is 9.80 Å². The molecule has 0 amide bonds. The van der Waals surface area contributed by atoms with Gasteiger partial charge in [-0.1, -0.05) is 60.1 Å². The molecule has 5 heteroatoms. The van der Waals surface area contributed by atoms with Crippen LogP contribution in [0.15, 0.2) is 66.7 Å². The molecule has 3 aromatic carbocycles. The zero-order valence-electron chi connectivity index (χ0n) is 18.5. The molecule has 0 aliphatic carbocycles. The molecule has 0 bridgehead atoms. The maximum absolute atomic E-state index is 6.49. The highest BCUT2D eigenvalue weighted by molar-refractivity contribution is 6.31. The summed E-state index contributed by atoms with van der Waals surface area (Å²) in [5.74, 6) is 1.56. The number of nitrogens with zero attached hydrogens (tertiary/aromatic N) is 2. The average molecular weight is 447 g/mol. The number of fused-ring (bicyclic) bond motifs is 3. The summed E-state index contributed by atoms with van der Waals surface area (Å²) >= 11 is 6.49. The molecule has 0 aromatic heterocycles. The Morgan fingerprint density at radius 3 is 2.38 bits per heavy atom. The molecule has 164 valence electrons. The number of hydrogen-bond acceptors (Lipinski definition) is 4. The molecule has 0 saturated heterocycles. The Hall–Kier alpha value is -2.95. The summed E-state index contributed by atoms with van der Waals surface area (Å²) in [4.78, 5) is 4.97. The number of ether oxygens (including phenoxy) is 2. The van der Waals surface area contributed by atoms with E-state index in [1.807, 2.05) is 12.1 Å². The van der Waals surface area contributed by atoms with E-state index >= 15 is 0 Å². The van der Waals surface area contributed by atoms with Crippen molar-refractivity contribution in [1.29, 1.82) is 0 Å².